The van der Waals surface area contributed by atoms with E-state index in [9.17, 15) is 0 Å². The SMILES string of the molecule is C=C/C=C(C)\C(=C/C)c1cnc2n[nH]c(-c3cc4c(C5=CCC=C5)cncc4[nH]3)c2c1. The van der Waals surface area contributed by atoms with Crippen LogP contribution in [0.5, 0.6) is 0 Å². The molecular formula is C26H23N5. The average molecular weight is 406 g/mol. The number of aromatic nitrogens is 5. The van der Waals surface area contributed by atoms with Gasteiger partial charge >= 0.3 is 0 Å². The lowest BCUT2D eigenvalue weighted by Crippen LogP contribution is -1.89. The van der Waals surface area contributed by atoms with Gasteiger partial charge in [-0.15, -0.1) is 0 Å². The maximum absolute atomic E-state index is 4.59. The first-order chi connectivity index (χ1) is 15.2. The second-order valence-electron chi connectivity index (χ2n) is 7.61. The summed E-state index contributed by atoms with van der Waals surface area (Å²) in [6.45, 7) is 7.93. The lowest BCUT2D eigenvalue weighted by atomic mass is 9.98. The monoisotopic (exact) mass is 405 g/mol. The average Bonchev–Trinajstić information content (AvgIpc) is 3.52. The summed E-state index contributed by atoms with van der Waals surface area (Å²) in [5, 5.41) is 9.73. The Kier molecular flexibility index (Phi) is 4.71. The molecule has 0 radical (unpaired) electrons. The van der Waals surface area contributed by atoms with Crippen molar-refractivity contribution in [2.75, 3.05) is 0 Å². The molecule has 1 aliphatic rings. The van der Waals surface area contributed by atoms with Gasteiger partial charge in [0.05, 0.1) is 23.1 Å². The standard InChI is InChI=1S/C26H23N5/c1-4-8-16(3)19(5-2)18-11-21-25(30-31-26(21)28-13-18)23-12-20-22(17-9-6-7-10-17)14-27-15-24(20)29-23/h4-6,8-15,29H,1,7H2,2-3H3,(H,28,30,31)/b16-8-,19-5+. The molecule has 0 spiro atoms. The minimum absolute atomic E-state index is 0.693. The summed E-state index contributed by atoms with van der Waals surface area (Å²) < 4.78 is 0. The molecule has 0 saturated heterocycles. The van der Waals surface area contributed by atoms with E-state index in [2.05, 4.69) is 75.1 Å². The van der Waals surface area contributed by atoms with E-state index in [-0.39, 0.29) is 0 Å². The smallest absolute Gasteiger partial charge is 0.181 e. The highest BCUT2D eigenvalue weighted by molar-refractivity contribution is 6.00. The fourth-order valence-corrected chi connectivity index (χ4v) is 4.21. The first-order valence-corrected chi connectivity index (χ1v) is 10.3. The van der Waals surface area contributed by atoms with E-state index in [1.165, 1.54) is 5.57 Å². The van der Waals surface area contributed by atoms with Crippen molar-refractivity contribution in [1.82, 2.24) is 25.1 Å². The second-order valence-corrected chi connectivity index (χ2v) is 7.61. The first-order valence-electron chi connectivity index (χ1n) is 10.3. The quantitative estimate of drug-likeness (QED) is 0.378. The van der Waals surface area contributed by atoms with Crippen LogP contribution in [0.2, 0.25) is 0 Å². The number of nitrogens with one attached hydrogen (secondary N) is 2. The third-order valence-corrected chi connectivity index (χ3v) is 5.70. The van der Waals surface area contributed by atoms with Crippen LogP contribution >= 0.6 is 0 Å². The minimum Gasteiger partial charge on any atom is -0.352 e. The molecule has 5 heteroatoms. The van der Waals surface area contributed by atoms with E-state index in [1.54, 1.807) is 6.08 Å². The summed E-state index contributed by atoms with van der Waals surface area (Å²) in [5.74, 6) is 0. The van der Waals surface area contributed by atoms with Crippen molar-refractivity contribution in [3.05, 3.63) is 90.5 Å². The number of H-pyrrole nitrogens is 2. The molecule has 0 bridgehead atoms. The van der Waals surface area contributed by atoms with Gasteiger partial charge in [0.2, 0.25) is 0 Å². The molecule has 0 amide bonds. The normalized spacial score (nSPS) is 14.6. The summed E-state index contributed by atoms with van der Waals surface area (Å²) in [5.41, 5.74) is 9.25. The van der Waals surface area contributed by atoms with Crippen molar-refractivity contribution in [2.45, 2.75) is 20.3 Å². The van der Waals surface area contributed by atoms with Gasteiger partial charge in [0.15, 0.2) is 5.65 Å². The topological polar surface area (TPSA) is 70.2 Å². The Bertz CT molecular complexity index is 1440. The van der Waals surface area contributed by atoms with E-state index in [4.69, 9.17) is 0 Å². The number of rotatable bonds is 5. The predicted molar refractivity (Wildman–Crippen MR) is 128 cm³/mol. The number of hydrogen-bond donors (Lipinski definition) is 2. The molecule has 0 aliphatic heterocycles. The van der Waals surface area contributed by atoms with Crippen LogP contribution in [0.15, 0.2) is 79.3 Å². The van der Waals surface area contributed by atoms with Crippen LogP contribution in [0.25, 0.3) is 44.5 Å². The zero-order chi connectivity index (χ0) is 21.4. The molecule has 4 heterocycles. The Morgan fingerprint density at radius 2 is 2.06 bits per heavy atom. The molecule has 0 aromatic carbocycles. The van der Waals surface area contributed by atoms with Gasteiger partial charge < -0.3 is 4.98 Å². The number of pyridine rings is 2. The highest BCUT2D eigenvalue weighted by Gasteiger charge is 2.16. The number of hydrogen-bond acceptors (Lipinski definition) is 3. The van der Waals surface area contributed by atoms with Crippen LogP contribution in [-0.4, -0.2) is 25.1 Å². The van der Waals surface area contributed by atoms with Crippen molar-refractivity contribution < 1.29 is 0 Å². The number of aromatic amines is 2. The van der Waals surface area contributed by atoms with Gasteiger partial charge in [0, 0.05) is 34.3 Å². The van der Waals surface area contributed by atoms with Gasteiger partial charge in [-0.1, -0.05) is 43.0 Å². The van der Waals surface area contributed by atoms with Gasteiger partial charge in [-0.05, 0) is 49.1 Å². The third kappa shape index (κ3) is 3.24. The fraction of sp³-hybridized carbons (Fsp3) is 0.115. The molecule has 152 valence electrons. The Morgan fingerprint density at radius 3 is 2.84 bits per heavy atom. The van der Waals surface area contributed by atoms with Gasteiger partial charge in [0.25, 0.3) is 0 Å². The largest absolute Gasteiger partial charge is 0.352 e. The zero-order valence-corrected chi connectivity index (χ0v) is 17.6. The predicted octanol–water partition coefficient (Wildman–Crippen LogP) is 6.38. The second kappa shape index (κ2) is 7.69. The summed E-state index contributed by atoms with van der Waals surface area (Å²) in [6, 6.07) is 4.31. The Balaban J connectivity index is 1.65. The molecule has 2 N–H and O–H groups in total. The first kappa shape index (κ1) is 19.0. The van der Waals surface area contributed by atoms with Crippen LogP contribution in [0.3, 0.4) is 0 Å². The Morgan fingerprint density at radius 1 is 1.16 bits per heavy atom. The molecule has 4 aromatic heterocycles. The highest BCUT2D eigenvalue weighted by Crippen LogP contribution is 2.34. The van der Waals surface area contributed by atoms with E-state index >= 15 is 0 Å². The minimum atomic E-state index is 0.693. The molecule has 1 aliphatic carbocycles. The third-order valence-electron chi connectivity index (χ3n) is 5.70. The van der Waals surface area contributed by atoms with E-state index in [0.29, 0.717) is 5.65 Å². The zero-order valence-electron chi connectivity index (χ0n) is 17.6. The van der Waals surface area contributed by atoms with Crippen molar-refractivity contribution in [2.24, 2.45) is 0 Å². The highest BCUT2D eigenvalue weighted by atomic mass is 15.2. The molecule has 0 saturated carbocycles. The van der Waals surface area contributed by atoms with Crippen molar-refractivity contribution in [1.29, 1.82) is 0 Å². The molecular weight excluding hydrogens is 382 g/mol. The van der Waals surface area contributed by atoms with Gasteiger partial charge in [-0.3, -0.25) is 10.1 Å². The van der Waals surface area contributed by atoms with Gasteiger partial charge in [-0.2, -0.15) is 5.10 Å². The molecule has 0 atom stereocenters. The Hall–Kier alpha value is -3.99. The maximum Gasteiger partial charge on any atom is 0.181 e. The summed E-state index contributed by atoms with van der Waals surface area (Å²) in [6.07, 6.45) is 19.1. The van der Waals surface area contributed by atoms with Gasteiger partial charge in [0.1, 0.15) is 0 Å². The maximum atomic E-state index is 4.59. The van der Waals surface area contributed by atoms with Crippen molar-refractivity contribution >= 4 is 33.1 Å². The van der Waals surface area contributed by atoms with E-state index in [0.717, 1.165) is 56.4 Å². The van der Waals surface area contributed by atoms with Crippen molar-refractivity contribution in [3.63, 3.8) is 0 Å². The summed E-state index contributed by atoms with van der Waals surface area (Å²) in [7, 11) is 0. The van der Waals surface area contributed by atoms with Crippen LogP contribution in [0.1, 0.15) is 31.4 Å². The molecule has 5 nitrogen and oxygen atoms in total. The Labute approximate surface area is 180 Å². The lowest BCUT2D eigenvalue weighted by molar-refractivity contribution is 1.10. The molecule has 4 aromatic rings. The molecule has 0 unspecified atom stereocenters. The molecule has 31 heavy (non-hydrogen) atoms. The van der Waals surface area contributed by atoms with Crippen LogP contribution < -0.4 is 0 Å². The number of allylic oxidation sites excluding steroid dienone is 9. The van der Waals surface area contributed by atoms with E-state index in [1.807, 2.05) is 31.6 Å². The van der Waals surface area contributed by atoms with Crippen LogP contribution in [-0.2, 0) is 0 Å². The van der Waals surface area contributed by atoms with Gasteiger partial charge in [-0.25, -0.2) is 4.98 Å². The summed E-state index contributed by atoms with van der Waals surface area (Å²) >= 11 is 0. The summed E-state index contributed by atoms with van der Waals surface area (Å²) in [4.78, 5) is 12.5. The molecule has 0 fully saturated rings. The van der Waals surface area contributed by atoms with Crippen molar-refractivity contribution in [3.8, 4) is 11.4 Å². The number of fused-ring (bicyclic) bond motifs is 2. The van der Waals surface area contributed by atoms with E-state index < -0.39 is 0 Å². The van der Waals surface area contributed by atoms with Crippen LogP contribution in [0.4, 0.5) is 0 Å². The number of nitrogens with zero attached hydrogens (tertiary/aromatic N) is 3. The van der Waals surface area contributed by atoms with Crippen LogP contribution in [0, 0.1) is 0 Å². The fourth-order valence-electron chi connectivity index (χ4n) is 4.21. The molecule has 5 rings (SSSR count). The lowest BCUT2D eigenvalue weighted by Gasteiger charge is -2.07.